The molecule has 3 aromatic rings. The smallest absolute Gasteiger partial charge is 0.311 e. The fraction of sp³-hybridized carbons (Fsp3) is 0.211. The van der Waals surface area contributed by atoms with Gasteiger partial charge in [-0.3, -0.25) is 14.9 Å². The van der Waals surface area contributed by atoms with Crippen LogP contribution in [0.3, 0.4) is 0 Å². The first-order valence-corrected chi connectivity index (χ1v) is 10.1. The Balaban J connectivity index is 1.58. The molecule has 0 saturated heterocycles. The van der Waals surface area contributed by atoms with E-state index in [1.54, 1.807) is 41.8 Å². The van der Waals surface area contributed by atoms with Crippen LogP contribution < -0.4 is 10.1 Å². The molecule has 0 atom stereocenters. The average molecular weight is 402 g/mol. The molecule has 1 N–H and O–H groups in total. The van der Waals surface area contributed by atoms with E-state index < -0.39 is 0 Å². The Labute approximate surface area is 164 Å². The van der Waals surface area contributed by atoms with Gasteiger partial charge in [0, 0.05) is 15.8 Å². The number of aromatic nitrogens is 1. The minimum atomic E-state index is -0.337. The van der Waals surface area contributed by atoms with Crippen molar-refractivity contribution in [3.05, 3.63) is 63.3 Å². The van der Waals surface area contributed by atoms with Gasteiger partial charge in [-0.15, -0.1) is 22.7 Å². The molecule has 0 radical (unpaired) electrons. The molecule has 27 heavy (non-hydrogen) atoms. The lowest BCUT2D eigenvalue weighted by atomic mass is 10.2. The lowest BCUT2D eigenvalue weighted by Crippen LogP contribution is -2.12. The van der Waals surface area contributed by atoms with Gasteiger partial charge in [0.2, 0.25) is 0 Å². The van der Waals surface area contributed by atoms with E-state index in [-0.39, 0.29) is 18.3 Å². The van der Waals surface area contributed by atoms with E-state index in [2.05, 4.69) is 10.3 Å². The first-order chi connectivity index (χ1) is 13.1. The Morgan fingerprint density at radius 1 is 1.19 bits per heavy atom. The molecule has 140 valence electrons. The van der Waals surface area contributed by atoms with Crippen LogP contribution in [0.15, 0.2) is 47.2 Å². The van der Waals surface area contributed by atoms with E-state index >= 15 is 0 Å². The van der Waals surface area contributed by atoms with Gasteiger partial charge in [0.05, 0.1) is 18.7 Å². The molecule has 0 saturated carbocycles. The highest BCUT2D eigenvalue weighted by Gasteiger charge is 2.12. The zero-order valence-corrected chi connectivity index (χ0v) is 16.3. The number of nitrogens with one attached hydrogen (secondary N) is 1. The van der Waals surface area contributed by atoms with Gasteiger partial charge in [-0.05, 0) is 36.6 Å². The summed E-state index contributed by atoms with van der Waals surface area (Å²) in [6.45, 7) is 2.55. The van der Waals surface area contributed by atoms with Crippen molar-refractivity contribution in [1.82, 2.24) is 4.98 Å². The number of benzene rings is 1. The van der Waals surface area contributed by atoms with E-state index in [4.69, 9.17) is 9.47 Å². The van der Waals surface area contributed by atoms with Crippen molar-refractivity contribution in [1.29, 1.82) is 0 Å². The molecule has 1 aromatic carbocycles. The molecule has 0 spiro atoms. The zero-order chi connectivity index (χ0) is 19.1. The van der Waals surface area contributed by atoms with Crippen LogP contribution in [0.25, 0.3) is 0 Å². The summed E-state index contributed by atoms with van der Waals surface area (Å²) in [6.07, 6.45) is 0.0895. The van der Waals surface area contributed by atoms with Crippen LogP contribution in [0.1, 0.15) is 27.9 Å². The number of esters is 1. The molecule has 0 unspecified atom stereocenters. The van der Waals surface area contributed by atoms with Crippen molar-refractivity contribution in [2.24, 2.45) is 0 Å². The summed E-state index contributed by atoms with van der Waals surface area (Å²) in [4.78, 5) is 29.3. The van der Waals surface area contributed by atoms with E-state index in [9.17, 15) is 9.59 Å². The maximum absolute atomic E-state index is 12.4. The van der Waals surface area contributed by atoms with E-state index in [1.807, 2.05) is 23.6 Å². The molecular formula is C19H18N2O4S2. The number of hydrogen-bond acceptors (Lipinski definition) is 7. The minimum Gasteiger partial charge on any atom is -0.488 e. The van der Waals surface area contributed by atoms with E-state index in [1.165, 1.54) is 11.3 Å². The van der Waals surface area contributed by atoms with Gasteiger partial charge in [-0.25, -0.2) is 4.98 Å². The zero-order valence-electron chi connectivity index (χ0n) is 14.6. The molecule has 1 amide bonds. The number of anilines is 1. The molecule has 6 nitrogen and oxygen atoms in total. The van der Waals surface area contributed by atoms with Gasteiger partial charge in [-0.1, -0.05) is 12.1 Å². The fourth-order valence-electron chi connectivity index (χ4n) is 2.25. The summed E-state index contributed by atoms with van der Waals surface area (Å²) in [5.74, 6) is 0.00284. The topological polar surface area (TPSA) is 77.5 Å². The summed E-state index contributed by atoms with van der Waals surface area (Å²) in [5, 5.41) is 6.90. The van der Waals surface area contributed by atoms with Crippen LogP contribution >= 0.6 is 22.7 Å². The number of rotatable bonds is 8. The highest BCUT2D eigenvalue weighted by Crippen LogP contribution is 2.20. The number of carbonyl (C=O) groups is 2. The number of thiophene rings is 1. The lowest BCUT2D eigenvalue weighted by Gasteiger charge is -2.07. The predicted molar refractivity (Wildman–Crippen MR) is 105 cm³/mol. The molecule has 8 heteroatoms. The fourth-order valence-corrected chi connectivity index (χ4v) is 3.57. The van der Waals surface area contributed by atoms with Gasteiger partial charge in [0.15, 0.2) is 5.13 Å². The minimum absolute atomic E-state index is 0.0895. The predicted octanol–water partition coefficient (Wildman–Crippen LogP) is 4.14. The normalized spacial score (nSPS) is 10.4. The maximum Gasteiger partial charge on any atom is 0.311 e. The van der Waals surface area contributed by atoms with Crippen LogP contribution in [-0.2, 0) is 22.6 Å². The monoisotopic (exact) mass is 402 g/mol. The van der Waals surface area contributed by atoms with Gasteiger partial charge in [0.25, 0.3) is 5.91 Å². The Bertz CT molecular complexity index is 906. The summed E-state index contributed by atoms with van der Waals surface area (Å²) < 4.78 is 10.6. The molecule has 2 heterocycles. The molecular weight excluding hydrogens is 384 g/mol. The summed E-state index contributed by atoms with van der Waals surface area (Å²) in [5.41, 5.74) is 1.04. The van der Waals surface area contributed by atoms with Gasteiger partial charge >= 0.3 is 5.97 Å². The quantitative estimate of drug-likeness (QED) is 0.573. The maximum atomic E-state index is 12.4. The van der Waals surface area contributed by atoms with Crippen LogP contribution in [0.4, 0.5) is 5.13 Å². The number of nitrogens with zero attached hydrogens (tertiary/aromatic N) is 1. The van der Waals surface area contributed by atoms with Gasteiger partial charge < -0.3 is 9.47 Å². The number of carbonyl (C=O) groups excluding carboxylic acids is 2. The third kappa shape index (κ3) is 5.63. The number of ether oxygens (including phenoxy) is 2. The standard InChI is InChI=1S/C19H18N2O4S2/c1-2-24-17(22)10-14-12-27-19(20-14)21-18(23)13-5-3-6-15(9-13)25-11-16-7-4-8-26-16/h3-9,12H,2,10-11H2,1H3,(H,20,21,23). The van der Waals surface area contributed by atoms with Gasteiger partial charge in [0.1, 0.15) is 12.4 Å². The molecule has 0 aliphatic carbocycles. The highest BCUT2D eigenvalue weighted by atomic mass is 32.1. The Hall–Kier alpha value is -2.71. The molecule has 0 bridgehead atoms. The summed E-state index contributed by atoms with van der Waals surface area (Å²) in [6, 6.07) is 10.9. The van der Waals surface area contributed by atoms with Crippen molar-refractivity contribution < 1.29 is 19.1 Å². The van der Waals surface area contributed by atoms with Crippen LogP contribution in [0.2, 0.25) is 0 Å². The number of thiazole rings is 1. The Morgan fingerprint density at radius 3 is 2.85 bits per heavy atom. The largest absolute Gasteiger partial charge is 0.488 e. The van der Waals surface area contributed by atoms with Crippen molar-refractivity contribution >= 4 is 39.7 Å². The van der Waals surface area contributed by atoms with Gasteiger partial charge in [-0.2, -0.15) is 0 Å². The van der Waals surface area contributed by atoms with E-state index in [0.717, 1.165) is 4.88 Å². The van der Waals surface area contributed by atoms with E-state index in [0.29, 0.717) is 35.4 Å². The third-order valence-electron chi connectivity index (χ3n) is 3.46. The second kappa shape index (κ2) is 9.29. The molecule has 0 aliphatic rings. The van der Waals surface area contributed by atoms with Crippen LogP contribution in [0, 0.1) is 0 Å². The summed E-state index contributed by atoms with van der Waals surface area (Å²) >= 11 is 2.88. The molecule has 2 aromatic heterocycles. The number of hydrogen-bond donors (Lipinski definition) is 1. The summed E-state index contributed by atoms with van der Waals surface area (Å²) in [7, 11) is 0. The lowest BCUT2D eigenvalue weighted by molar-refractivity contribution is -0.142. The van der Waals surface area contributed by atoms with Crippen LogP contribution in [0.5, 0.6) is 5.75 Å². The van der Waals surface area contributed by atoms with Crippen molar-refractivity contribution in [2.45, 2.75) is 20.0 Å². The SMILES string of the molecule is CCOC(=O)Cc1csc(NC(=O)c2cccc(OCc3cccs3)c2)n1. The van der Waals surface area contributed by atoms with Crippen molar-refractivity contribution in [3.63, 3.8) is 0 Å². The molecule has 0 fully saturated rings. The van der Waals surface area contributed by atoms with Crippen molar-refractivity contribution in [3.8, 4) is 5.75 Å². The first-order valence-electron chi connectivity index (χ1n) is 8.30. The third-order valence-corrected chi connectivity index (χ3v) is 5.12. The molecule has 3 rings (SSSR count). The first kappa shape index (κ1) is 19.1. The second-order valence-corrected chi connectivity index (χ2v) is 7.37. The highest BCUT2D eigenvalue weighted by molar-refractivity contribution is 7.14. The average Bonchev–Trinajstić information content (AvgIpc) is 3.32. The second-order valence-electron chi connectivity index (χ2n) is 5.48. The van der Waals surface area contributed by atoms with Crippen LogP contribution in [-0.4, -0.2) is 23.5 Å². The Kier molecular flexibility index (Phi) is 6.56. The van der Waals surface area contributed by atoms with Crippen molar-refractivity contribution in [2.75, 3.05) is 11.9 Å². The molecule has 0 aliphatic heterocycles. The number of amides is 1. The Morgan fingerprint density at radius 2 is 2.07 bits per heavy atom.